The number of hydrogen-bond donors (Lipinski definition) is 1. The first-order valence-corrected chi connectivity index (χ1v) is 11.6. The van der Waals surface area contributed by atoms with E-state index in [1.807, 2.05) is 0 Å². The van der Waals surface area contributed by atoms with Gasteiger partial charge in [0, 0.05) is 19.2 Å². The molecule has 0 aromatic heterocycles. The Balaban J connectivity index is 1.42. The highest BCUT2D eigenvalue weighted by Crippen LogP contribution is 2.28. The number of hydrogen-bond acceptors (Lipinski definition) is 6. The number of rotatable bonds is 6. The van der Waals surface area contributed by atoms with Crippen molar-refractivity contribution >= 4 is 39.5 Å². The third-order valence-electron chi connectivity index (χ3n) is 5.13. The molecule has 2 saturated heterocycles. The van der Waals surface area contributed by atoms with Crippen LogP contribution in [0.5, 0.6) is 0 Å². The number of morpholine rings is 1. The Morgan fingerprint density at radius 3 is 2.38 bits per heavy atom. The highest BCUT2D eigenvalue weighted by Gasteiger charge is 2.27. The van der Waals surface area contributed by atoms with E-state index in [0.29, 0.717) is 56.4 Å². The molecule has 2 aromatic rings. The zero-order valence-electron chi connectivity index (χ0n) is 17.3. The average molecular weight is 458 g/mol. The van der Waals surface area contributed by atoms with Gasteiger partial charge in [-0.25, -0.2) is 13.2 Å². The van der Waals surface area contributed by atoms with E-state index in [2.05, 4.69) is 5.32 Å². The molecular formula is C22H23N3O6S. The van der Waals surface area contributed by atoms with Gasteiger partial charge in [-0.05, 0) is 35.9 Å². The van der Waals surface area contributed by atoms with Crippen LogP contribution in [0.2, 0.25) is 0 Å². The fraction of sp³-hybridized carbons (Fsp3) is 0.273. The van der Waals surface area contributed by atoms with Gasteiger partial charge in [0.15, 0.2) is 0 Å². The van der Waals surface area contributed by atoms with Crippen molar-refractivity contribution in [3.8, 4) is 0 Å². The Hall–Kier alpha value is -3.21. The molecule has 0 aliphatic carbocycles. The zero-order chi connectivity index (χ0) is 22.6. The molecule has 32 heavy (non-hydrogen) atoms. The molecule has 168 valence electrons. The summed E-state index contributed by atoms with van der Waals surface area (Å²) in [4.78, 5) is 25.9. The minimum atomic E-state index is -3.56. The number of nitrogens with one attached hydrogen (secondary N) is 1. The molecule has 0 spiro atoms. The van der Waals surface area contributed by atoms with E-state index in [1.165, 1.54) is 27.4 Å². The second kappa shape index (κ2) is 9.51. The summed E-state index contributed by atoms with van der Waals surface area (Å²) in [6, 6.07) is 13.3. The van der Waals surface area contributed by atoms with Crippen LogP contribution in [0.4, 0.5) is 16.2 Å². The van der Waals surface area contributed by atoms with E-state index in [0.717, 1.165) is 0 Å². The van der Waals surface area contributed by atoms with Gasteiger partial charge in [0.25, 0.3) is 0 Å². The molecule has 0 saturated carbocycles. The predicted molar refractivity (Wildman–Crippen MR) is 119 cm³/mol. The minimum Gasteiger partial charge on any atom is -0.447 e. The fourth-order valence-corrected chi connectivity index (χ4v) is 4.87. The number of cyclic esters (lactones) is 1. The van der Waals surface area contributed by atoms with Crippen LogP contribution in [0.15, 0.2) is 59.5 Å². The molecule has 4 rings (SSSR count). The largest absolute Gasteiger partial charge is 0.447 e. The number of nitrogens with zero attached hydrogens (tertiary/aromatic N) is 2. The third-order valence-corrected chi connectivity index (χ3v) is 7.04. The van der Waals surface area contributed by atoms with Gasteiger partial charge in [-0.1, -0.05) is 24.3 Å². The van der Waals surface area contributed by atoms with Crippen molar-refractivity contribution in [3.05, 3.63) is 60.2 Å². The highest BCUT2D eigenvalue weighted by molar-refractivity contribution is 7.89. The van der Waals surface area contributed by atoms with E-state index < -0.39 is 16.1 Å². The van der Waals surface area contributed by atoms with Crippen LogP contribution in [0.1, 0.15) is 5.56 Å². The van der Waals surface area contributed by atoms with E-state index in [-0.39, 0.29) is 10.8 Å². The third kappa shape index (κ3) is 4.82. The maximum atomic E-state index is 12.7. The number of benzene rings is 2. The fourth-order valence-electron chi connectivity index (χ4n) is 3.46. The molecule has 0 radical (unpaired) electrons. The summed E-state index contributed by atoms with van der Waals surface area (Å²) in [6.45, 7) is 2.16. The summed E-state index contributed by atoms with van der Waals surface area (Å²) in [5, 5.41) is 2.77. The van der Waals surface area contributed by atoms with Crippen molar-refractivity contribution < 1.29 is 27.5 Å². The molecule has 0 atom stereocenters. The predicted octanol–water partition coefficient (Wildman–Crippen LogP) is 2.32. The lowest BCUT2D eigenvalue weighted by atomic mass is 10.2. The number of anilines is 2. The number of para-hydroxylation sites is 2. The van der Waals surface area contributed by atoms with Crippen LogP contribution in [0.25, 0.3) is 6.08 Å². The Morgan fingerprint density at radius 1 is 0.969 bits per heavy atom. The molecule has 2 fully saturated rings. The van der Waals surface area contributed by atoms with Crippen LogP contribution in [-0.4, -0.2) is 64.2 Å². The van der Waals surface area contributed by atoms with E-state index in [9.17, 15) is 18.0 Å². The lowest BCUT2D eigenvalue weighted by Crippen LogP contribution is -2.40. The Bertz CT molecular complexity index is 1120. The number of carbonyl (C=O) groups is 2. The maximum absolute atomic E-state index is 12.7. The van der Waals surface area contributed by atoms with Crippen LogP contribution in [0.3, 0.4) is 0 Å². The Morgan fingerprint density at radius 2 is 1.69 bits per heavy atom. The lowest BCUT2D eigenvalue weighted by molar-refractivity contribution is -0.111. The highest BCUT2D eigenvalue weighted by atomic mass is 32.2. The van der Waals surface area contributed by atoms with Gasteiger partial charge in [0.05, 0.1) is 36.0 Å². The summed E-state index contributed by atoms with van der Waals surface area (Å²) in [5.41, 5.74) is 1.74. The quantitative estimate of drug-likeness (QED) is 0.668. The summed E-state index contributed by atoms with van der Waals surface area (Å²) in [5.74, 6) is -0.380. The normalized spacial score (nSPS) is 17.5. The van der Waals surface area contributed by atoms with E-state index >= 15 is 0 Å². The number of amides is 2. The van der Waals surface area contributed by atoms with Crippen molar-refractivity contribution in [1.29, 1.82) is 0 Å². The number of sulfonamides is 1. The van der Waals surface area contributed by atoms with Crippen molar-refractivity contribution in [1.82, 2.24) is 4.31 Å². The molecule has 0 unspecified atom stereocenters. The molecule has 9 nitrogen and oxygen atoms in total. The van der Waals surface area contributed by atoms with Gasteiger partial charge in [-0.15, -0.1) is 0 Å². The van der Waals surface area contributed by atoms with Crippen LogP contribution in [0, 0.1) is 0 Å². The van der Waals surface area contributed by atoms with Crippen molar-refractivity contribution in [2.24, 2.45) is 0 Å². The van der Waals surface area contributed by atoms with Gasteiger partial charge in [-0.2, -0.15) is 4.31 Å². The smallest absolute Gasteiger partial charge is 0.414 e. The van der Waals surface area contributed by atoms with Crippen LogP contribution < -0.4 is 10.2 Å². The van der Waals surface area contributed by atoms with Gasteiger partial charge in [0.1, 0.15) is 6.61 Å². The number of ether oxygens (including phenoxy) is 2. The van der Waals surface area contributed by atoms with Gasteiger partial charge in [-0.3, -0.25) is 9.69 Å². The average Bonchev–Trinajstić information content (AvgIpc) is 3.24. The van der Waals surface area contributed by atoms with Gasteiger partial charge < -0.3 is 14.8 Å². The second-order valence-corrected chi connectivity index (χ2v) is 9.13. The summed E-state index contributed by atoms with van der Waals surface area (Å²) in [6.07, 6.45) is 2.49. The Labute approximate surface area is 186 Å². The zero-order valence-corrected chi connectivity index (χ0v) is 18.1. The SMILES string of the molecule is O=C(/C=C/c1ccc(S(=O)(=O)N2CCOCC2)cc1)Nc1ccccc1N1CCOC1=O. The maximum Gasteiger partial charge on any atom is 0.414 e. The standard InChI is InChI=1S/C22H23N3O6S/c26-21(23-19-3-1-2-4-20(19)25-13-16-31-22(25)27)10-7-17-5-8-18(9-6-17)32(28,29)24-11-14-30-15-12-24/h1-10H,11-16H2,(H,23,26)/b10-7+. The van der Waals surface area contributed by atoms with Crippen molar-refractivity contribution in [2.45, 2.75) is 4.90 Å². The topological polar surface area (TPSA) is 105 Å². The first-order chi connectivity index (χ1) is 15.4. The van der Waals surface area contributed by atoms with Crippen molar-refractivity contribution in [2.75, 3.05) is 49.7 Å². The van der Waals surface area contributed by atoms with E-state index in [4.69, 9.17) is 9.47 Å². The summed E-state index contributed by atoms with van der Waals surface area (Å²) < 4.78 is 36.9. The van der Waals surface area contributed by atoms with E-state index in [1.54, 1.807) is 42.5 Å². The Kier molecular flexibility index (Phi) is 6.54. The molecular weight excluding hydrogens is 434 g/mol. The minimum absolute atomic E-state index is 0.201. The first kappa shape index (κ1) is 22.0. The van der Waals surface area contributed by atoms with Gasteiger partial charge in [0.2, 0.25) is 15.9 Å². The van der Waals surface area contributed by atoms with Gasteiger partial charge >= 0.3 is 6.09 Å². The summed E-state index contributed by atoms with van der Waals surface area (Å²) in [7, 11) is -3.56. The molecule has 2 aliphatic heterocycles. The summed E-state index contributed by atoms with van der Waals surface area (Å²) >= 11 is 0. The number of carbonyl (C=O) groups excluding carboxylic acids is 2. The molecule has 2 aromatic carbocycles. The van der Waals surface area contributed by atoms with Crippen LogP contribution >= 0.6 is 0 Å². The second-order valence-electron chi connectivity index (χ2n) is 7.19. The molecule has 2 heterocycles. The van der Waals surface area contributed by atoms with Crippen LogP contribution in [-0.2, 0) is 24.3 Å². The molecule has 2 aliphatic rings. The molecule has 1 N–H and O–H groups in total. The molecule has 0 bridgehead atoms. The lowest BCUT2D eigenvalue weighted by Gasteiger charge is -2.26. The molecule has 10 heteroatoms. The first-order valence-electron chi connectivity index (χ1n) is 10.2. The monoisotopic (exact) mass is 457 g/mol. The molecule has 2 amide bonds. The van der Waals surface area contributed by atoms with Crippen molar-refractivity contribution in [3.63, 3.8) is 0 Å².